The summed E-state index contributed by atoms with van der Waals surface area (Å²) in [5.41, 5.74) is 5.34. The molecule has 5 heteroatoms. The van der Waals surface area contributed by atoms with Crippen molar-refractivity contribution in [3.63, 3.8) is 0 Å². The number of halogens is 1. The molecule has 1 fully saturated rings. The molecule has 22 heavy (non-hydrogen) atoms. The van der Waals surface area contributed by atoms with Gasteiger partial charge in [-0.2, -0.15) is 0 Å². The first-order valence-electron chi connectivity index (χ1n) is 6.74. The molecule has 110 valence electrons. The lowest BCUT2D eigenvalue weighted by atomic mass is 10.1. The van der Waals surface area contributed by atoms with E-state index in [1.165, 1.54) is 5.01 Å². The van der Waals surface area contributed by atoms with E-state index in [9.17, 15) is 9.59 Å². The van der Waals surface area contributed by atoms with Gasteiger partial charge in [-0.05, 0) is 65.4 Å². The molecule has 0 aliphatic carbocycles. The molecule has 1 N–H and O–H groups in total. The van der Waals surface area contributed by atoms with Crippen LogP contribution in [0.3, 0.4) is 0 Å². The zero-order valence-corrected chi connectivity index (χ0v) is 14.0. The van der Waals surface area contributed by atoms with E-state index in [1.54, 1.807) is 18.2 Å². The van der Waals surface area contributed by atoms with Crippen molar-refractivity contribution in [3.05, 3.63) is 68.8 Å². The lowest BCUT2D eigenvalue weighted by Crippen LogP contribution is -2.35. The predicted molar refractivity (Wildman–Crippen MR) is 93.9 cm³/mol. The van der Waals surface area contributed by atoms with Crippen LogP contribution in [-0.2, 0) is 9.59 Å². The molecule has 0 saturated carbocycles. The number of anilines is 1. The van der Waals surface area contributed by atoms with Gasteiger partial charge >= 0.3 is 0 Å². The Morgan fingerprint density at radius 3 is 2.27 bits per heavy atom. The third kappa shape index (κ3) is 2.89. The van der Waals surface area contributed by atoms with Crippen molar-refractivity contribution in [1.82, 2.24) is 5.43 Å². The van der Waals surface area contributed by atoms with E-state index >= 15 is 0 Å². The minimum atomic E-state index is -0.385. The van der Waals surface area contributed by atoms with E-state index in [1.807, 2.05) is 43.3 Å². The van der Waals surface area contributed by atoms with Gasteiger partial charge in [-0.25, -0.2) is 5.01 Å². The molecule has 2 amide bonds. The summed E-state index contributed by atoms with van der Waals surface area (Å²) < 4.78 is 1.06. The Labute approximate surface area is 141 Å². The molecule has 1 aliphatic rings. The minimum Gasteiger partial charge on any atom is -0.267 e. The lowest BCUT2D eigenvalue weighted by molar-refractivity contribution is -0.117. The zero-order chi connectivity index (χ0) is 15.7. The highest BCUT2D eigenvalue weighted by Crippen LogP contribution is 2.22. The zero-order valence-electron chi connectivity index (χ0n) is 11.8. The summed E-state index contributed by atoms with van der Waals surface area (Å²) in [6.07, 6.45) is 1.61. The molecule has 0 spiro atoms. The molecule has 0 radical (unpaired) electrons. The van der Waals surface area contributed by atoms with Gasteiger partial charge in [0.05, 0.1) is 5.69 Å². The molecular formula is C17H13IN2O2. The fraction of sp³-hybridized carbons (Fsp3) is 0.0588. The lowest BCUT2D eigenvalue weighted by Gasteiger charge is -2.14. The third-order valence-corrected chi connectivity index (χ3v) is 4.08. The Balaban J connectivity index is 1.91. The smallest absolute Gasteiger partial charge is 0.267 e. The first kappa shape index (κ1) is 14.8. The molecule has 2 aromatic carbocycles. The van der Waals surface area contributed by atoms with Gasteiger partial charge in [0.15, 0.2) is 0 Å². The third-order valence-electron chi connectivity index (χ3n) is 3.36. The van der Waals surface area contributed by atoms with Crippen LogP contribution in [0.4, 0.5) is 5.69 Å². The van der Waals surface area contributed by atoms with Gasteiger partial charge in [-0.15, -0.1) is 0 Å². The fourth-order valence-corrected chi connectivity index (χ4v) is 2.52. The number of aryl methyl sites for hydroxylation is 1. The van der Waals surface area contributed by atoms with Crippen LogP contribution >= 0.6 is 22.6 Å². The van der Waals surface area contributed by atoms with E-state index in [0.717, 1.165) is 14.7 Å². The number of hydrogen-bond donors (Lipinski definition) is 1. The van der Waals surface area contributed by atoms with Crippen LogP contribution < -0.4 is 10.4 Å². The van der Waals surface area contributed by atoms with Gasteiger partial charge in [-0.3, -0.25) is 15.0 Å². The number of carbonyl (C=O) groups excluding carboxylic acids is 2. The summed E-state index contributed by atoms with van der Waals surface area (Å²) >= 11 is 2.19. The Bertz CT molecular complexity index is 764. The van der Waals surface area contributed by atoms with Gasteiger partial charge in [0.2, 0.25) is 0 Å². The van der Waals surface area contributed by atoms with Gasteiger partial charge in [0.1, 0.15) is 5.57 Å². The molecule has 0 aromatic heterocycles. The highest BCUT2D eigenvalue weighted by molar-refractivity contribution is 14.1. The van der Waals surface area contributed by atoms with Crippen molar-refractivity contribution in [2.24, 2.45) is 0 Å². The second kappa shape index (κ2) is 5.92. The van der Waals surface area contributed by atoms with Gasteiger partial charge < -0.3 is 0 Å². The molecule has 1 saturated heterocycles. The normalized spacial score (nSPS) is 16.3. The van der Waals surface area contributed by atoms with Crippen LogP contribution in [0.25, 0.3) is 6.08 Å². The van der Waals surface area contributed by atoms with Crippen molar-refractivity contribution in [1.29, 1.82) is 0 Å². The molecular weight excluding hydrogens is 391 g/mol. The Hall–Kier alpha value is -2.15. The summed E-state index contributed by atoms with van der Waals surface area (Å²) in [7, 11) is 0. The Kier molecular flexibility index (Phi) is 3.98. The van der Waals surface area contributed by atoms with E-state index in [-0.39, 0.29) is 17.4 Å². The number of benzene rings is 2. The molecule has 0 unspecified atom stereocenters. The summed E-state index contributed by atoms with van der Waals surface area (Å²) in [4.78, 5) is 24.5. The van der Waals surface area contributed by atoms with Crippen LogP contribution in [0.1, 0.15) is 11.1 Å². The quantitative estimate of drug-likeness (QED) is 0.475. The van der Waals surface area contributed by atoms with E-state index in [2.05, 4.69) is 28.0 Å². The molecule has 2 aromatic rings. The van der Waals surface area contributed by atoms with Gasteiger partial charge in [-0.1, -0.05) is 29.8 Å². The number of hydrazine groups is 1. The van der Waals surface area contributed by atoms with Crippen LogP contribution in [-0.4, -0.2) is 11.8 Å². The molecule has 0 atom stereocenters. The summed E-state index contributed by atoms with van der Waals surface area (Å²) in [5.74, 6) is -0.726. The largest absolute Gasteiger partial charge is 0.282 e. The van der Waals surface area contributed by atoms with Crippen LogP contribution in [0, 0.1) is 10.5 Å². The summed E-state index contributed by atoms with van der Waals surface area (Å²) in [5, 5.41) is 1.28. The Morgan fingerprint density at radius 1 is 1.00 bits per heavy atom. The van der Waals surface area contributed by atoms with Crippen LogP contribution in [0.2, 0.25) is 0 Å². The van der Waals surface area contributed by atoms with E-state index in [4.69, 9.17) is 0 Å². The predicted octanol–water partition coefficient (Wildman–Crippen LogP) is 3.06. The van der Waals surface area contributed by atoms with Gasteiger partial charge in [0, 0.05) is 3.57 Å². The second-order valence-corrected chi connectivity index (χ2v) is 6.27. The number of amides is 2. The minimum absolute atomic E-state index is 0.141. The first-order chi connectivity index (χ1) is 10.5. The SMILES string of the molecule is Cc1ccc(C=C2C(=O)NN(c3ccc(I)cc3)C2=O)cc1. The monoisotopic (exact) mass is 404 g/mol. The fourth-order valence-electron chi connectivity index (χ4n) is 2.16. The van der Waals surface area contributed by atoms with Crippen molar-refractivity contribution in [2.75, 3.05) is 5.01 Å². The Morgan fingerprint density at radius 2 is 1.64 bits per heavy atom. The number of carbonyl (C=O) groups is 2. The highest BCUT2D eigenvalue weighted by atomic mass is 127. The van der Waals surface area contributed by atoms with Crippen molar-refractivity contribution >= 4 is 46.2 Å². The number of nitrogens with zero attached hydrogens (tertiary/aromatic N) is 1. The molecule has 1 heterocycles. The number of rotatable bonds is 2. The average Bonchev–Trinajstić information content (AvgIpc) is 2.78. The standard InChI is InChI=1S/C17H13IN2O2/c1-11-2-4-12(5-3-11)10-15-16(21)19-20(17(15)22)14-8-6-13(18)7-9-14/h2-10H,1H3,(H,19,21). The molecule has 0 bridgehead atoms. The highest BCUT2D eigenvalue weighted by Gasteiger charge is 2.34. The van der Waals surface area contributed by atoms with Gasteiger partial charge in [0.25, 0.3) is 11.8 Å². The number of nitrogens with one attached hydrogen (secondary N) is 1. The maximum Gasteiger partial charge on any atom is 0.282 e. The van der Waals surface area contributed by atoms with Crippen LogP contribution in [0.5, 0.6) is 0 Å². The topological polar surface area (TPSA) is 49.4 Å². The van der Waals surface area contributed by atoms with E-state index in [0.29, 0.717) is 5.69 Å². The van der Waals surface area contributed by atoms with Crippen molar-refractivity contribution in [2.45, 2.75) is 6.92 Å². The summed E-state index contributed by atoms with van der Waals surface area (Å²) in [6.45, 7) is 1.99. The van der Waals surface area contributed by atoms with E-state index < -0.39 is 0 Å². The second-order valence-electron chi connectivity index (χ2n) is 5.03. The van der Waals surface area contributed by atoms with Crippen molar-refractivity contribution in [3.8, 4) is 0 Å². The summed E-state index contributed by atoms with van der Waals surface area (Å²) in [6, 6.07) is 15.0. The maximum atomic E-state index is 12.4. The average molecular weight is 404 g/mol. The first-order valence-corrected chi connectivity index (χ1v) is 7.82. The van der Waals surface area contributed by atoms with Crippen molar-refractivity contribution < 1.29 is 9.59 Å². The molecule has 3 rings (SSSR count). The molecule has 4 nitrogen and oxygen atoms in total. The molecule has 1 aliphatic heterocycles. The van der Waals surface area contributed by atoms with Crippen LogP contribution in [0.15, 0.2) is 54.1 Å². The maximum absolute atomic E-state index is 12.4. The number of hydrogen-bond acceptors (Lipinski definition) is 2.